The Morgan fingerprint density at radius 1 is 1.32 bits per heavy atom. The van der Waals surface area contributed by atoms with E-state index >= 15 is 0 Å². The molecule has 0 amide bonds. The summed E-state index contributed by atoms with van der Waals surface area (Å²) in [6, 6.07) is 7.10. The van der Waals surface area contributed by atoms with Crippen molar-refractivity contribution >= 4 is 0 Å². The number of hydrogen-bond donors (Lipinski definition) is 1. The molecule has 1 heterocycles. The van der Waals surface area contributed by atoms with Gasteiger partial charge in [-0.15, -0.1) is 0 Å². The fourth-order valence-corrected chi connectivity index (χ4v) is 3.19. The molecule has 0 radical (unpaired) electrons. The predicted octanol–water partition coefficient (Wildman–Crippen LogP) is 3.48. The molecular formula is C16H25FN2. The number of nitrogens with two attached hydrogens (primary N) is 1. The van der Waals surface area contributed by atoms with Crippen LogP contribution in [-0.4, -0.2) is 23.0 Å². The number of likely N-dealkylation sites (tertiary alicyclic amines) is 1. The Bertz CT molecular complexity index is 413. The molecule has 1 aromatic rings. The van der Waals surface area contributed by atoms with Crippen LogP contribution in [0.2, 0.25) is 0 Å². The van der Waals surface area contributed by atoms with E-state index in [1.807, 2.05) is 12.1 Å². The first-order valence-corrected chi connectivity index (χ1v) is 7.23. The van der Waals surface area contributed by atoms with Gasteiger partial charge in [-0.05, 0) is 57.4 Å². The van der Waals surface area contributed by atoms with Gasteiger partial charge >= 0.3 is 0 Å². The summed E-state index contributed by atoms with van der Waals surface area (Å²) in [5.74, 6) is -0.187. The minimum atomic E-state index is -0.187. The second kappa shape index (κ2) is 5.59. The minimum absolute atomic E-state index is 0.0860. The van der Waals surface area contributed by atoms with Gasteiger partial charge in [-0.3, -0.25) is 4.90 Å². The number of rotatable bonds is 4. The maximum absolute atomic E-state index is 13.1. The smallest absolute Gasteiger partial charge is 0.123 e. The Morgan fingerprint density at radius 3 is 2.42 bits per heavy atom. The van der Waals surface area contributed by atoms with Gasteiger partial charge < -0.3 is 5.73 Å². The monoisotopic (exact) mass is 264 g/mol. The summed E-state index contributed by atoms with van der Waals surface area (Å²) in [4.78, 5) is 2.49. The van der Waals surface area contributed by atoms with Crippen LogP contribution in [-0.2, 0) is 0 Å². The largest absolute Gasteiger partial charge is 0.326 e. The number of halogens is 1. The van der Waals surface area contributed by atoms with Gasteiger partial charge in [0.1, 0.15) is 5.82 Å². The molecule has 1 saturated heterocycles. The van der Waals surface area contributed by atoms with Crippen LogP contribution in [0.25, 0.3) is 0 Å². The summed E-state index contributed by atoms with van der Waals surface area (Å²) in [7, 11) is 0. The summed E-state index contributed by atoms with van der Waals surface area (Å²) in [6.45, 7) is 7.74. The lowest BCUT2D eigenvalue weighted by molar-refractivity contribution is 0.0964. The Morgan fingerprint density at radius 2 is 1.95 bits per heavy atom. The molecule has 1 aliphatic rings. The summed E-state index contributed by atoms with van der Waals surface area (Å²) >= 11 is 0. The van der Waals surface area contributed by atoms with E-state index in [0.717, 1.165) is 18.5 Å². The van der Waals surface area contributed by atoms with Gasteiger partial charge in [-0.2, -0.15) is 0 Å². The molecule has 0 saturated carbocycles. The quantitative estimate of drug-likeness (QED) is 0.902. The molecule has 0 aromatic heterocycles. The third-order valence-corrected chi connectivity index (χ3v) is 4.39. The standard InChI is InChI=1S/C16H25FN2/c1-4-14(18)15(12-6-8-13(17)9-7-12)19-11-5-10-16(19,2)3/h6-9,14-15H,4-5,10-11,18H2,1-3H3. The van der Waals surface area contributed by atoms with E-state index < -0.39 is 0 Å². The predicted molar refractivity (Wildman–Crippen MR) is 77.4 cm³/mol. The lowest BCUT2D eigenvalue weighted by Crippen LogP contribution is -2.47. The normalized spacial score (nSPS) is 22.4. The fourth-order valence-electron chi connectivity index (χ4n) is 3.19. The molecule has 1 aromatic carbocycles. The van der Waals surface area contributed by atoms with Crippen molar-refractivity contribution in [3.8, 4) is 0 Å². The Hall–Kier alpha value is -0.930. The van der Waals surface area contributed by atoms with Crippen LogP contribution in [0.4, 0.5) is 4.39 Å². The molecule has 3 heteroatoms. The number of hydrogen-bond acceptors (Lipinski definition) is 2. The zero-order valence-electron chi connectivity index (χ0n) is 12.2. The van der Waals surface area contributed by atoms with Crippen molar-refractivity contribution in [2.24, 2.45) is 5.73 Å². The van der Waals surface area contributed by atoms with Crippen molar-refractivity contribution in [1.29, 1.82) is 0 Å². The maximum Gasteiger partial charge on any atom is 0.123 e. The highest BCUT2D eigenvalue weighted by Gasteiger charge is 2.39. The SMILES string of the molecule is CCC(N)C(c1ccc(F)cc1)N1CCCC1(C)C. The zero-order valence-corrected chi connectivity index (χ0v) is 12.2. The van der Waals surface area contributed by atoms with E-state index in [0.29, 0.717) is 0 Å². The lowest BCUT2D eigenvalue weighted by atomic mass is 9.92. The number of nitrogens with zero attached hydrogens (tertiary/aromatic N) is 1. The van der Waals surface area contributed by atoms with Gasteiger partial charge in [-0.1, -0.05) is 19.1 Å². The molecule has 0 bridgehead atoms. The molecule has 19 heavy (non-hydrogen) atoms. The molecule has 0 aliphatic carbocycles. The molecule has 106 valence electrons. The molecule has 2 nitrogen and oxygen atoms in total. The van der Waals surface area contributed by atoms with Gasteiger partial charge in [0, 0.05) is 11.6 Å². The Labute approximate surface area is 115 Å². The number of benzene rings is 1. The average molecular weight is 264 g/mol. The Kier molecular flexibility index (Phi) is 4.26. The Balaban J connectivity index is 2.33. The van der Waals surface area contributed by atoms with E-state index in [1.54, 1.807) is 0 Å². The van der Waals surface area contributed by atoms with Crippen LogP contribution in [0.3, 0.4) is 0 Å². The highest BCUT2D eigenvalue weighted by atomic mass is 19.1. The van der Waals surface area contributed by atoms with E-state index in [1.165, 1.54) is 25.0 Å². The van der Waals surface area contributed by atoms with Crippen LogP contribution in [0.5, 0.6) is 0 Å². The van der Waals surface area contributed by atoms with Gasteiger partial charge in [0.15, 0.2) is 0 Å². The fraction of sp³-hybridized carbons (Fsp3) is 0.625. The van der Waals surface area contributed by atoms with Crippen LogP contribution in [0.15, 0.2) is 24.3 Å². The lowest BCUT2D eigenvalue weighted by Gasteiger charge is -2.41. The summed E-state index contributed by atoms with van der Waals surface area (Å²) < 4.78 is 13.1. The van der Waals surface area contributed by atoms with Crippen molar-refractivity contribution in [1.82, 2.24) is 4.90 Å². The maximum atomic E-state index is 13.1. The molecule has 2 atom stereocenters. The van der Waals surface area contributed by atoms with Crippen molar-refractivity contribution in [3.63, 3.8) is 0 Å². The van der Waals surface area contributed by atoms with Crippen molar-refractivity contribution < 1.29 is 4.39 Å². The van der Waals surface area contributed by atoms with Gasteiger partial charge in [0.25, 0.3) is 0 Å². The molecule has 1 fully saturated rings. The van der Waals surface area contributed by atoms with Crippen LogP contribution in [0.1, 0.15) is 51.6 Å². The highest BCUT2D eigenvalue weighted by molar-refractivity contribution is 5.23. The van der Waals surface area contributed by atoms with Crippen LogP contribution >= 0.6 is 0 Å². The van der Waals surface area contributed by atoms with Crippen molar-refractivity contribution in [2.75, 3.05) is 6.54 Å². The summed E-state index contributed by atoms with van der Waals surface area (Å²) in [5.41, 5.74) is 7.66. The molecule has 2 unspecified atom stereocenters. The van der Waals surface area contributed by atoms with Crippen molar-refractivity contribution in [3.05, 3.63) is 35.6 Å². The van der Waals surface area contributed by atoms with Gasteiger partial charge in [-0.25, -0.2) is 4.39 Å². The molecule has 2 rings (SSSR count). The third-order valence-electron chi connectivity index (χ3n) is 4.39. The average Bonchev–Trinajstić information content (AvgIpc) is 2.72. The van der Waals surface area contributed by atoms with Gasteiger partial charge in [0.2, 0.25) is 0 Å². The summed E-state index contributed by atoms with van der Waals surface area (Å²) in [6.07, 6.45) is 3.33. The first-order chi connectivity index (χ1) is 8.95. The molecular weight excluding hydrogens is 239 g/mol. The minimum Gasteiger partial charge on any atom is -0.326 e. The zero-order chi connectivity index (χ0) is 14.0. The molecule has 0 spiro atoms. The first kappa shape index (κ1) is 14.5. The highest BCUT2D eigenvalue weighted by Crippen LogP contribution is 2.38. The van der Waals surface area contributed by atoms with E-state index in [-0.39, 0.29) is 23.4 Å². The first-order valence-electron chi connectivity index (χ1n) is 7.23. The van der Waals surface area contributed by atoms with Crippen LogP contribution in [0, 0.1) is 5.82 Å². The van der Waals surface area contributed by atoms with E-state index in [4.69, 9.17) is 5.73 Å². The molecule has 1 aliphatic heterocycles. The topological polar surface area (TPSA) is 29.3 Å². The molecule has 2 N–H and O–H groups in total. The van der Waals surface area contributed by atoms with E-state index in [9.17, 15) is 4.39 Å². The third kappa shape index (κ3) is 2.98. The van der Waals surface area contributed by atoms with E-state index in [2.05, 4.69) is 25.7 Å². The van der Waals surface area contributed by atoms with Gasteiger partial charge in [0.05, 0.1) is 6.04 Å². The van der Waals surface area contributed by atoms with Crippen LogP contribution < -0.4 is 5.73 Å². The second-order valence-corrected chi connectivity index (χ2v) is 6.18. The van der Waals surface area contributed by atoms with Crippen molar-refractivity contribution in [2.45, 2.75) is 57.7 Å². The second-order valence-electron chi connectivity index (χ2n) is 6.18. The summed E-state index contributed by atoms with van der Waals surface area (Å²) in [5, 5.41) is 0.